The molecule has 0 saturated heterocycles. The van der Waals surface area contributed by atoms with E-state index in [1.54, 1.807) is 57.3 Å². The molecule has 0 fully saturated rings. The van der Waals surface area contributed by atoms with Gasteiger partial charge in [0, 0.05) is 16.3 Å². The van der Waals surface area contributed by atoms with Gasteiger partial charge in [-0.2, -0.15) is 0 Å². The molecule has 3 N–H and O–H groups in total. The minimum absolute atomic E-state index is 0.0440. The molecule has 340 valence electrons. The third kappa shape index (κ3) is 11.7. The van der Waals surface area contributed by atoms with Crippen LogP contribution in [0.5, 0.6) is 0 Å². The molecule has 0 spiro atoms. The minimum atomic E-state index is -0.991. The summed E-state index contributed by atoms with van der Waals surface area (Å²) in [4.78, 5) is 75.4. The normalized spacial score (nSPS) is 14.2. The van der Waals surface area contributed by atoms with E-state index < -0.39 is 59.3 Å². The van der Waals surface area contributed by atoms with Crippen molar-refractivity contribution in [3.63, 3.8) is 0 Å². The van der Waals surface area contributed by atoms with Crippen molar-refractivity contribution in [2.75, 3.05) is 7.11 Å². The van der Waals surface area contributed by atoms with Crippen molar-refractivity contribution in [1.29, 1.82) is 0 Å². The van der Waals surface area contributed by atoms with Gasteiger partial charge in [-0.05, 0) is 61.3 Å². The van der Waals surface area contributed by atoms with Crippen molar-refractivity contribution in [2.24, 2.45) is 5.92 Å². The van der Waals surface area contributed by atoms with Crippen molar-refractivity contribution in [3.05, 3.63) is 65.2 Å². The van der Waals surface area contributed by atoms with Crippen LogP contribution in [0.25, 0.3) is 55.9 Å². The maximum absolute atomic E-state index is 14.0. The van der Waals surface area contributed by atoms with Gasteiger partial charge in [0.2, 0.25) is 23.6 Å². The third-order valence-corrected chi connectivity index (χ3v) is 11.2. The summed E-state index contributed by atoms with van der Waals surface area (Å²) in [5.74, 6) is -1.47. The molecule has 0 aliphatic heterocycles. The average molecular weight is 917 g/mol. The molecule has 3 amide bonds. The number of thiazole rings is 2. The minimum Gasteiger partial charge on any atom is -0.467 e. The zero-order chi connectivity index (χ0) is 46.5. The summed E-state index contributed by atoms with van der Waals surface area (Å²) in [6.07, 6.45) is 2.21. The van der Waals surface area contributed by atoms with Crippen LogP contribution < -0.4 is 16.0 Å². The summed E-state index contributed by atoms with van der Waals surface area (Å²) in [5.41, 5.74) is 0.958. The largest absolute Gasteiger partial charge is 0.467 e. The molecule has 6 aromatic rings. The number of ether oxygens (including phenoxy) is 3. The first-order chi connectivity index (χ1) is 30.2. The summed E-state index contributed by atoms with van der Waals surface area (Å²) < 4.78 is 34.2. The second-order valence-corrected chi connectivity index (χ2v) is 18.6. The predicted molar refractivity (Wildman–Crippen MR) is 238 cm³/mol. The van der Waals surface area contributed by atoms with Gasteiger partial charge in [-0.15, -0.1) is 22.7 Å². The zero-order valence-electron chi connectivity index (χ0n) is 37.4. The van der Waals surface area contributed by atoms with Gasteiger partial charge in [0.05, 0.1) is 18.8 Å². The number of carbonyl (C=O) groups is 4. The Morgan fingerprint density at radius 1 is 0.750 bits per heavy atom. The number of hydrogen-bond acceptors (Lipinski definition) is 17. The molecule has 20 heteroatoms. The third-order valence-electron chi connectivity index (χ3n) is 9.43. The van der Waals surface area contributed by atoms with Crippen LogP contribution in [0, 0.1) is 5.92 Å². The fourth-order valence-electron chi connectivity index (χ4n) is 6.26. The molecule has 1 aromatic carbocycles. The molecule has 0 aliphatic rings. The standard InChI is InChI=1S/C44H52N8O10S2/c1-12-22(2)30(34(53)45-23(3)41(55)57-11)50-35(54)32-33(25-16-14-13-15-17-25)60-37(51-32)28-20-63-40(48-28)29-21-64-39(49-29)27-19-58-36(47-27)26-18-59-38(46-26)31(24(4)61-43(5,6)7)52-42(56)62-44(8,9)10/h13-24,30-31H,12H2,1-11H3,(H,45,53)(H,50,54)(H,52,56)/t22-,23-,24+,30+,31-/m0/s1. The van der Waals surface area contributed by atoms with Crippen LogP contribution in [-0.4, -0.2) is 85.3 Å². The van der Waals surface area contributed by atoms with Gasteiger partial charge in [0.1, 0.15) is 63.3 Å². The Kier molecular flexibility index (Phi) is 14.5. The predicted octanol–water partition coefficient (Wildman–Crippen LogP) is 8.49. The molecule has 0 aliphatic carbocycles. The van der Waals surface area contributed by atoms with Gasteiger partial charge in [-0.3, -0.25) is 9.59 Å². The second-order valence-electron chi connectivity index (χ2n) is 16.9. The van der Waals surface area contributed by atoms with Crippen molar-refractivity contribution in [3.8, 4) is 55.9 Å². The number of carbonyl (C=O) groups excluding carboxylic acids is 4. The molecule has 5 atom stereocenters. The first-order valence-corrected chi connectivity index (χ1v) is 22.3. The summed E-state index contributed by atoms with van der Waals surface area (Å²) in [6, 6.07) is 6.29. The number of methoxy groups -OCH3 is 1. The van der Waals surface area contributed by atoms with E-state index in [4.69, 9.17) is 37.4 Å². The van der Waals surface area contributed by atoms with Gasteiger partial charge in [-0.1, -0.05) is 50.6 Å². The Morgan fingerprint density at radius 2 is 1.41 bits per heavy atom. The Bertz CT molecular complexity index is 2560. The van der Waals surface area contributed by atoms with Crippen LogP contribution in [0.1, 0.15) is 98.1 Å². The molecule has 0 bridgehead atoms. The number of esters is 1. The van der Waals surface area contributed by atoms with Crippen LogP contribution in [0.4, 0.5) is 4.79 Å². The lowest BCUT2D eigenvalue weighted by molar-refractivity contribution is -0.144. The molecule has 0 unspecified atom stereocenters. The van der Waals surface area contributed by atoms with Crippen molar-refractivity contribution in [1.82, 2.24) is 40.9 Å². The molecule has 5 heterocycles. The van der Waals surface area contributed by atoms with E-state index >= 15 is 0 Å². The zero-order valence-corrected chi connectivity index (χ0v) is 39.1. The quantitative estimate of drug-likeness (QED) is 0.0772. The number of hydrogen-bond donors (Lipinski definition) is 3. The summed E-state index contributed by atoms with van der Waals surface area (Å²) in [7, 11) is 1.23. The Morgan fingerprint density at radius 3 is 2.06 bits per heavy atom. The fourth-order valence-corrected chi connectivity index (χ4v) is 7.84. The van der Waals surface area contributed by atoms with Crippen LogP contribution in [0.15, 0.2) is 66.9 Å². The van der Waals surface area contributed by atoms with E-state index in [-0.39, 0.29) is 35.0 Å². The summed E-state index contributed by atoms with van der Waals surface area (Å²) >= 11 is 2.63. The highest BCUT2D eigenvalue weighted by Crippen LogP contribution is 2.36. The number of aromatic nitrogens is 5. The van der Waals surface area contributed by atoms with E-state index in [0.29, 0.717) is 44.8 Å². The van der Waals surface area contributed by atoms with Crippen molar-refractivity contribution >= 4 is 46.6 Å². The maximum atomic E-state index is 14.0. The van der Waals surface area contributed by atoms with Crippen LogP contribution in [-0.2, 0) is 23.8 Å². The van der Waals surface area contributed by atoms with Gasteiger partial charge in [-0.25, -0.2) is 34.5 Å². The van der Waals surface area contributed by atoms with E-state index in [1.165, 1.54) is 49.2 Å². The van der Waals surface area contributed by atoms with Gasteiger partial charge in [0.25, 0.3) is 5.91 Å². The maximum Gasteiger partial charge on any atom is 0.408 e. The number of amides is 3. The second kappa shape index (κ2) is 19.6. The highest BCUT2D eigenvalue weighted by atomic mass is 32.1. The molecule has 0 radical (unpaired) electrons. The number of nitrogens with one attached hydrogen (secondary N) is 3. The summed E-state index contributed by atoms with van der Waals surface area (Å²) in [5, 5.41) is 12.9. The van der Waals surface area contributed by atoms with Gasteiger partial charge in [0.15, 0.2) is 17.1 Å². The number of benzene rings is 1. The highest BCUT2D eigenvalue weighted by Gasteiger charge is 2.34. The first-order valence-electron chi connectivity index (χ1n) is 20.5. The Balaban J connectivity index is 1.21. The number of rotatable bonds is 16. The Labute approximate surface area is 378 Å². The highest BCUT2D eigenvalue weighted by molar-refractivity contribution is 7.15. The molecule has 18 nitrogen and oxygen atoms in total. The molecule has 64 heavy (non-hydrogen) atoms. The average Bonchev–Trinajstić information content (AvgIpc) is 4.09. The SMILES string of the molecule is CC[C@H](C)[C@@H](NC(=O)c1nc(-c2csc(-c3csc(-c4coc(-c5coc([C@@H](NC(=O)OC(C)(C)C)[C@@H](C)OC(C)(C)C)n5)n4)n3)n2)oc1-c1ccccc1)C(=O)N[C@@H](C)C(=O)OC. The van der Waals surface area contributed by atoms with E-state index in [9.17, 15) is 19.2 Å². The van der Waals surface area contributed by atoms with E-state index in [2.05, 4.69) is 30.9 Å². The Hall–Kier alpha value is -6.25. The molecular formula is C44H52N8O10S2. The fraction of sp³-hybridized carbons (Fsp3) is 0.432. The van der Waals surface area contributed by atoms with Crippen LogP contribution >= 0.6 is 22.7 Å². The van der Waals surface area contributed by atoms with Crippen molar-refractivity contribution in [2.45, 2.75) is 111 Å². The lowest BCUT2D eigenvalue weighted by atomic mass is 9.97. The topological polar surface area (TPSA) is 236 Å². The van der Waals surface area contributed by atoms with E-state index in [0.717, 1.165) is 0 Å². The first kappa shape index (κ1) is 47.2. The van der Waals surface area contributed by atoms with Crippen LogP contribution in [0.2, 0.25) is 0 Å². The molecule has 0 saturated carbocycles. The van der Waals surface area contributed by atoms with Crippen molar-refractivity contribution < 1.29 is 46.6 Å². The lowest BCUT2D eigenvalue weighted by Crippen LogP contribution is -2.53. The number of nitrogens with zero attached hydrogens (tertiary/aromatic N) is 5. The lowest BCUT2D eigenvalue weighted by Gasteiger charge is -2.30. The summed E-state index contributed by atoms with van der Waals surface area (Å²) in [6.45, 7) is 18.1. The number of alkyl carbamates (subject to hydrolysis) is 1. The van der Waals surface area contributed by atoms with Gasteiger partial charge >= 0.3 is 12.1 Å². The van der Waals surface area contributed by atoms with Crippen LogP contribution in [0.3, 0.4) is 0 Å². The smallest absolute Gasteiger partial charge is 0.408 e. The monoisotopic (exact) mass is 916 g/mol. The molecule has 6 rings (SSSR count). The van der Waals surface area contributed by atoms with Gasteiger partial charge < -0.3 is 43.4 Å². The van der Waals surface area contributed by atoms with E-state index in [1.807, 2.05) is 46.1 Å². The number of oxazole rings is 3. The molecular weight excluding hydrogens is 865 g/mol. The molecule has 5 aromatic heterocycles.